The Labute approximate surface area is 199 Å². The Morgan fingerprint density at radius 1 is 1.03 bits per heavy atom. The summed E-state index contributed by atoms with van der Waals surface area (Å²) >= 11 is 1.62. The van der Waals surface area contributed by atoms with Gasteiger partial charge in [0.1, 0.15) is 5.37 Å². The summed E-state index contributed by atoms with van der Waals surface area (Å²) in [6.07, 6.45) is 0.732. The van der Waals surface area contributed by atoms with Crippen LogP contribution in [-0.2, 0) is 9.59 Å². The van der Waals surface area contributed by atoms with Crippen LogP contribution in [0.2, 0.25) is 0 Å². The molecule has 2 amide bonds. The first-order chi connectivity index (χ1) is 16.0. The highest BCUT2D eigenvalue weighted by atomic mass is 32.2. The predicted octanol–water partition coefficient (Wildman–Crippen LogP) is 5.66. The summed E-state index contributed by atoms with van der Waals surface area (Å²) in [5.74, 6) is 0.362. The molecule has 1 N–H and O–H groups in total. The Bertz CT molecular complexity index is 1100. The van der Waals surface area contributed by atoms with E-state index in [2.05, 4.69) is 5.32 Å². The number of hydrogen-bond acceptors (Lipinski definition) is 4. The first-order valence-electron chi connectivity index (χ1n) is 11.1. The lowest BCUT2D eigenvalue weighted by Gasteiger charge is -2.25. The Morgan fingerprint density at radius 2 is 1.70 bits per heavy atom. The number of rotatable bonds is 7. The number of carbonyl (C=O) groups is 2. The average molecular weight is 460 g/mol. The largest absolute Gasteiger partial charge is 0.378 e. The Balaban J connectivity index is 1.49. The molecule has 3 aromatic carbocycles. The molecule has 1 heterocycles. The van der Waals surface area contributed by atoms with E-state index in [4.69, 9.17) is 0 Å². The Morgan fingerprint density at radius 3 is 2.30 bits per heavy atom. The highest BCUT2D eigenvalue weighted by molar-refractivity contribution is 8.00. The maximum atomic E-state index is 12.9. The molecule has 4 rings (SSSR count). The summed E-state index contributed by atoms with van der Waals surface area (Å²) in [6.45, 7) is 2.02. The van der Waals surface area contributed by atoms with Gasteiger partial charge >= 0.3 is 0 Å². The molecule has 0 aliphatic carbocycles. The fourth-order valence-corrected chi connectivity index (χ4v) is 5.26. The van der Waals surface area contributed by atoms with Gasteiger partial charge in [-0.15, -0.1) is 11.8 Å². The minimum atomic E-state index is -0.186. The number of nitrogens with one attached hydrogen (secondary N) is 1. The lowest BCUT2D eigenvalue weighted by Crippen LogP contribution is -2.27. The van der Waals surface area contributed by atoms with Crippen LogP contribution in [0.3, 0.4) is 0 Å². The van der Waals surface area contributed by atoms with Crippen molar-refractivity contribution in [3.8, 4) is 0 Å². The molecule has 1 aliphatic heterocycles. The molecule has 0 radical (unpaired) electrons. The van der Waals surface area contributed by atoms with Gasteiger partial charge in [-0.05, 0) is 53.9 Å². The van der Waals surface area contributed by atoms with E-state index >= 15 is 0 Å². The zero-order valence-electron chi connectivity index (χ0n) is 19.2. The van der Waals surface area contributed by atoms with Crippen molar-refractivity contribution in [2.24, 2.45) is 0 Å². The number of thioether (sulfide) groups is 1. The molecule has 0 spiro atoms. The third-order valence-electron chi connectivity index (χ3n) is 5.90. The Hall–Kier alpha value is -3.25. The van der Waals surface area contributed by atoms with E-state index in [1.165, 1.54) is 0 Å². The third kappa shape index (κ3) is 5.06. The van der Waals surface area contributed by atoms with Crippen LogP contribution < -0.4 is 15.1 Å². The first-order valence-corrected chi connectivity index (χ1v) is 12.2. The number of carbonyl (C=O) groups excluding carboxylic acids is 2. The van der Waals surface area contributed by atoms with E-state index in [0.717, 1.165) is 34.6 Å². The average Bonchev–Trinajstić information content (AvgIpc) is 3.22. The summed E-state index contributed by atoms with van der Waals surface area (Å²) in [5.41, 5.74) is 4.80. The standard InChI is InChI=1S/C27H29N3O2S/c1-4-24(19-8-6-5-7-9-19)26(32)28-21-12-10-20(11-13-21)27-30(25(31)18-33-27)23-16-14-22(15-17-23)29(2)3/h5-17,24,27H,4,18H2,1-3H3,(H,28,32)/t24-,27+/m1/s1. The highest BCUT2D eigenvalue weighted by Gasteiger charge is 2.34. The van der Waals surface area contributed by atoms with Gasteiger partial charge in [-0.2, -0.15) is 0 Å². The molecule has 3 aromatic rings. The molecule has 0 unspecified atom stereocenters. The molecule has 0 aromatic heterocycles. The molecule has 1 fully saturated rings. The summed E-state index contributed by atoms with van der Waals surface area (Å²) in [7, 11) is 4.00. The van der Waals surface area contributed by atoms with Crippen LogP contribution >= 0.6 is 11.8 Å². The van der Waals surface area contributed by atoms with Crippen LogP contribution in [0, 0.1) is 0 Å². The summed E-state index contributed by atoms with van der Waals surface area (Å²) in [5, 5.41) is 2.96. The van der Waals surface area contributed by atoms with Crippen LogP contribution in [0.5, 0.6) is 0 Å². The first kappa shape index (κ1) is 22.9. The van der Waals surface area contributed by atoms with E-state index < -0.39 is 0 Å². The third-order valence-corrected chi connectivity index (χ3v) is 7.11. The summed E-state index contributed by atoms with van der Waals surface area (Å²) in [4.78, 5) is 29.4. The van der Waals surface area contributed by atoms with E-state index in [0.29, 0.717) is 5.75 Å². The van der Waals surface area contributed by atoms with Gasteiger partial charge < -0.3 is 10.2 Å². The lowest BCUT2D eigenvalue weighted by atomic mass is 9.95. The van der Waals surface area contributed by atoms with E-state index in [1.54, 1.807) is 11.8 Å². The summed E-state index contributed by atoms with van der Waals surface area (Å²) < 4.78 is 0. The molecule has 2 atom stereocenters. The number of benzene rings is 3. The Kier molecular flexibility index (Phi) is 7.04. The molecule has 1 aliphatic rings. The van der Waals surface area contributed by atoms with Gasteiger partial charge in [-0.1, -0.05) is 49.4 Å². The van der Waals surface area contributed by atoms with Crippen molar-refractivity contribution in [3.63, 3.8) is 0 Å². The van der Waals surface area contributed by atoms with Crippen LogP contribution in [0.1, 0.15) is 35.8 Å². The fourth-order valence-electron chi connectivity index (χ4n) is 4.08. The molecule has 6 heteroatoms. The van der Waals surface area contributed by atoms with E-state index in [1.807, 2.05) is 110 Å². The van der Waals surface area contributed by atoms with Gasteiger partial charge in [0.25, 0.3) is 0 Å². The SMILES string of the molecule is CC[C@@H](C(=O)Nc1ccc([C@@H]2SCC(=O)N2c2ccc(N(C)C)cc2)cc1)c1ccccc1. The maximum Gasteiger partial charge on any atom is 0.238 e. The van der Waals surface area contributed by atoms with Gasteiger partial charge in [0, 0.05) is 31.2 Å². The zero-order chi connectivity index (χ0) is 23.4. The molecule has 0 bridgehead atoms. The quantitative estimate of drug-likeness (QED) is 0.495. The van der Waals surface area contributed by atoms with Gasteiger partial charge in [-0.25, -0.2) is 0 Å². The smallest absolute Gasteiger partial charge is 0.238 e. The van der Waals surface area contributed by atoms with Crippen molar-refractivity contribution in [2.75, 3.05) is 35.0 Å². The normalized spacial score (nSPS) is 16.5. The second-order valence-electron chi connectivity index (χ2n) is 8.32. The number of anilines is 3. The van der Waals surface area contributed by atoms with Crippen molar-refractivity contribution in [1.82, 2.24) is 0 Å². The fraction of sp³-hybridized carbons (Fsp3) is 0.259. The summed E-state index contributed by atoms with van der Waals surface area (Å²) in [6, 6.07) is 25.7. The van der Waals surface area contributed by atoms with Crippen LogP contribution in [-0.4, -0.2) is 31.7 Å². The predicted molar refractivity (Wildman–Crippen MR) is 138 cm³/mol. The zero-order valence-corrected chi connectivity index (χ0v) is 20.0. The van der Waals surface area contributed by atoms with Crippen molar-refractivity contribution >= 4 is 40.6 Å². The molecule has 33 heavy (non-hydrogen) atoms. The lowest BCUT2D eigenvalue weighted by molar-refractivity contribution is -0.118. The number of amides is 2. The maximum absolute atomic E-state index is 12.9. The van der Waals surface area contributed by atoms with Gasteiger partial charge in [-0.3, -0.25) is 14.5 Å². The van der Waals surface area contributed by atoms with Crippen molar-refractivity contribution < 1.29 is 9.59 Å². The van der Waals surface area contributed by atoms with Crippen LogP contribution in [0.15, 0.2) is 78.9 Å². The van der Waals surface area contributed by atoms with Gasteiger partial charge in [0.2, 0.25) is 11.8 Å². The minimum absolute atomic E-state index is 0.00974. The topological polar surface area (TPSA) is 52.7 Å². The van der Waals surface area contributed by atoms with Crippen molar-refractivity contribution in [1.29, 1.82) is 0 Å². The van der Waals surface area contributed by atoms with E-state index in [9.17, 15) is 9.59 Å². The van der Waals surface area contributed by atoms with Gasteiger partial charge in [0.05, 0.1) is 11.7 Å². The monoisotopic (exact) mass is 459 g/mol. The minimum Gasteiger partial charge on any atom is -0.378 e. The number of hydrogen-bond donors (Lipinski definition) is 1. The molecule has 170 valence electrons. The molecule has 5 nitrogen and oxygen atoms in total. The van der Waals surface area contributed by atoms with Crippen LogP contribution in [0.4, 0.5) is 17.1 Å². The molecular formula is C27H29N3O2S. The molecule has 0 saturated carbocycles. The van der Waals surface area contributed by atoms with Crippen LogP contribution in [0.25, 0.3) is 0 Å². The molecular weight excluding hydrogens is 430 g/mol. The number of nitrogens with zero attached hydrogens (tertiary/aromatic N) is 2. The van der Waals surface area contributed by atoms with Gasteiger partial charge in [0.15, 0.2) is 0 Å². The van der Waals surface area contributed by atoms with Crippen molar-refractivity contribution in [2.45, 2.75) is 24.6 Å². The highest BCUT2D eigenvalue weighted by Crippen LogP contribution is 2.42. The second-order valence-corrected chi connectivity index (χ2v) is 9.39. The second kappa shape index (κ2) is 10.1. The van der Waals surface area contributed by atoms with E-state index in [-0.39, 0.29) is 23.1 Å². The molecule has 1 saturated heterocycles. The van der Waals surface area contributed by atoms with Crippen molar-refractivity contribution in [3.05, 3.63) is 90.0 Å².